The van der Waals surface area contributed by atoms with Gasteiger partial charge >= 0.3 is 0 Å². The van der Waals surface area contributed by atoms with E-state index in [4.69, 9.17) is 11.6 Å². The Morgan fingerprint density at radius 3 is 2.79 bits per heavy atom. The zero-order valence-corrected chi connectivity index (χ0v) is 8.93. The number of phenols is 1. The van der Waals surface area contributed by atoms with Crippen molar-refractivity contribution in [1.29, 1.82) is 0 Å². The molecule has 0 saturated carbocycles. The number of phenolic OH excluding ortho intramolecular Hbond substituents is 1. The molecule has 0 aromatic heterocycles. The molecule has 0 spiro atoms. The van der Waals surface area contributed by atoms with Gasteiger partial charge in [0.05, 0.1) is 0 Å². The van der Waals surface area contributed by atoms with Crippen LogP contribution in [-0.2, 0) is 0 Å². The average Bonchev–Trinajstić information content (AvgIpc) is 2.18. The molecule has 0 radical (unpaired) electrons. The predicted octanol–water partition coefficient (Wildman–Crippen LogP) is 3.21. The van der Waals surface area contributed by atoms with Crippen molar-refractivity contribution in [3.63, 3.8) is 0 Å². The zero-order valence-electron chi connectivity index (χ0n) is 8.17. The molecule has 2 N–H and O–H groups in total. The van der Waals surface area contributed by atoms with Gasteiger partial charge in [0.2, 0.25) is 0 Å². The molecule has 3 heteroatoms. The molecule has 1 aromatic carbocycles. The summed E-state index contributed by atoms with van der Waals surface area (Å²) in [7, 11) is 0. The van der Waals surface area contributed by atoms with Crippen LogP contribution in [0.3, 0.4) is 0 Å². The van der Waals surface area contributed by atoms with E-state index in [0.717, 1.165) is 37.4 Å². The van der Waals surface area contributed by atoms with Crippen molar-refractivity contribution in [3.05, 3.63) is 24.3 Å². The lowest BCUT2D eigenvalue weighted by atomic mass is 10.2. The first kappa shape index (κ1) is 11.2. The third-order valence-corrected chi connectivity index (χ3v) is 2.25. The van der Waals surface area contributed by atoms with E-state index in [9.17, 15) is 5.11 Å². The van der Waals surface area contributed by atoms with Gasteiger partial charge in [-0.1, -0.05) is 12.5 Å². The molecule has 0 amide bonds. The molecule has 0 fully saturated rings. The van der Waals surface area contributed by atoms with Crippen molar-refractivity contribution in [3.8, 4) is 5.75 Å². The summed E-state index contributed by atoms with van der Waals surface area (Å²) < 4.78 is 0. The minimum absolute atomic E-state index is 0.302. The maximum atomic E-state index is 9.20. The first-order chi connectivity index (χ1) is 6.83. The standard InChI is InChI=1S/C11H16ClNO/c12-7-2-1-3-8-13-10-5-4-6-11(14)9-10/h4-6,9,13-14H,1-3,7-8H2. The minimum atomic E-state index is 0.302. The fourth-order valence-electron chi connectivity index (χ4n) is 1.24. The van der Waals surface area contributed by atoms with Crippen LogP contribution >= 0.6 is 11.6 Å². The van der Waals surface area contributed by atoms with Crippen LogP contribution in [0.2, 0.25) is 0 Å². The summed E-state index contributed by atoms with van der Waals surface area (Å²) in [6.45, 7) is 0.931. The van der Waals surface area contributed by atoms with Crippen LogP contribution in [0.4, 0.5) is 5.69 Å². The smallest absolute Gasteiger partial charge is 0.117 e. The topological polar surface area (TPSA) is 32.3 Å². The van der Waals surface area contributed by atoms with Gasteiger partial charge in [-0.25, -0.2) is 0 Å². The highest BCUT2D eigenvalue weighted by atomic mass is 35.5. The van der Waals surface area contributed by atoms with Gasteiger partial charge < -0.3 is 10.4 Å². The third-order valence-electron chi connectivity index (χ3n) is 1.99. The van der Waals surface area contributed by atoms with Crippen LogP contribution in [0, 0.1) is 0 Å². The second-order valence-electron chi connectivity index (χ2n) is 3.23. The highest BCUT2D eigenvalue weighted by molar-refractivity contribution is 6.17. The van der Waals surface area contributed by atoms with Crippen molar-refractivity contribution in [2.45, 2.75) is 19.3 Å². The number of nitrogens with one attached hydrogen (secondary N) is 1. The number of anilines is 1. The Morgan fingerprint density at radius 2 is 2.07 bits per heavy atom. The molecule has 1 rings (SSSR count). The van der Waals surface area contributed by atoms with Gasteiger partial charge in [0.15, 0.2) is 0 Å². The van der Waals surface area contributed by atoms with E-state index in [0.29, 0.717) is 5.75 Å². The van der Waals surface area contributed by atoms with Crippen molar-refractivity contribution in [2.24, 2.45) is 0 Å². The zero-order chi connectivity index (χ0) is 10.2. The molecule has 0 atom stereocenters. The lowest BCUT2D eigenvalue weighted by molar-refractivity contribution is 0.475. The van der Waals surface area contributed by atoms with Crippen LogP contribution in [0.25, 0.3) is 0 Å². The number of hydrogen-bond acceptors (Lipinski definition) is 2. The van der Waals surface area contributed by atoms with Gasteiger partial charge in [-0.05, 0) is 25.0 Å². The molecule has 2 nitrogen and oxygen atoms in total. The number of alkyl halides is 1. The van der Waals surface area contributed by atoms with Crippen molar-refractivity contribution in [1.82, 2.24) is 0 Å². The van der Waals surface area contributed by atoms with E-state index in [2.05, 4.69) is 5.32 Å². The van der Waals surface area contributed by atoms with Crippen molar-refractivity contribution >= 4 is 17.3 Å². The number of hydrogen-bond donors (Lipinski definition) is 2. The van der Waals surface area contributed by atoms with Crippen LogP contribution in [0.5, 0.6) is 5.75 Å². The summed E-state index contributed by atoms with van der Waals surface area (Å²) >= 11 is 5.56. The Hall–Kier alpha value is -0.890. The van der Waals surface area contributed by atoms with Crippen LogP contribution in [0.1, 0.15) is 19.3 Å². The first-order valence-electron chi connectivity index (χ1n) is 4.92. The Morgan fingerprint density at radius 1 is 1.21 bits per heavy atom. The van der Waals surface area contributed by atoms with Crippen molar-refractivity contribution < 1.29 is 5.11 Å². The van der Waals surface area contributed by atoms with Gasteiger partial charge in [-0.15, -0.1) is 11.6 Å². The number of halogens is 1. The second kappa shape index (κ2) is 6.55. The van der Waals surface area contributed by atoms with E-state index in [-0.39, 0.29) is 0 Å². The largest absolute Gasteiger partial charge is 0.508 e. The lowest BCUT2D eigenvalue weighted by Crippen LogP contribution is -2.00. The van der Waals surface area contributed by atoms with E-state index in [1.165, 1.54) is 0 Å². The van der Waals surface area contributed by atoms with Gasteiger partial charge in [-0.2, -0.15) is 0 Å². The fraction of sp³-hybridized carbons (Fsp3) is 0.455. The first-order valence-corrected chi connectivity index (χ1v) is 5.45. The maximum Gasteiger partial charge on any atom is 0.117 e. The predicted molar refractivity (Wildman–Crippen MR) is 61.2 cm³/mol. The average molecular weight is 214 g/mol. The molecule has 1 aromatic rings. The molecule has 0 saturated heterocycles. The summed E-state index contributed by atoms with van der Waals surface area (Å²) in [5.74, 6) is 1.04. The summed E-state index contributed by atoms with van der Waals surface area (Å²) in [5, 5.41) is 12.4. The lowest BCUT2D eigenvalue weighted by Gasteiger charge is -2.05. The Bertz CT molecular complexity index is 265. The highest BCUT2D eigenvalue weighted by Crippen LogP contribution is 2.15. The van der Waals surface area contributed by atoms with E-state index >= 15 is 0 Å². The maximum absolute atomic E-state index is 9.20. The fourth-order valence-corrected chi connectivity index (χ4v) is 1.43. The van der Waals surface area contributed by atoms with E-state index < -0.39 is 0 Å². The van der Waals surface area contributed by atoms with E-state index in [1.54, 1.807) is 12.1 Å². The molecule has 0 aliphatic rings. The normalized spacial score (nSPS) is 10.1. The number of aromatic hydroxyl groups is 1. The highest BCUT2D eigenvalue weighted by Gasteiger charge is 1.93. The molecule has 0 aliphatic heterocycles. The van der Waals surface area contributed by atoms with Crippen LogP contribution < -0.4 is 5.32 Å². The summed E-state index contributed by atoms with van der Waals surface area (Å²) in [6, 6.07) is 7.16. The van der Waals surface area contributed by atoms with Gasteiger partial charge in [-0.3, -0.25) is 0 Å². The molecule has 0 bridgehead atoms. The summed E-state index contributed by atoms with van der Waals surface area (Å²) in [6.07, 6.45) is 3.33. The summed E-state index contributed by atoms with van der Waals surface area (Å²) in [5.41, 5.74) is 0.968. The van der Waals surface area contributed by atoms with Crippen LogP contribution in [0.15, 0.2) is 24.3 Å². The quantitative estimate of drug-likeness (QED) is 0.562. The van der Waals surface area contributed by atoms with Crippen LogP contribution in [-0.4, -0.2) is 17.5 Å². The number of unbranched alkanes of at least 4 members (excludes halogenated alkanes) is 2. The molecular weight excluding hydrogens is 198 g/mol. The molecule has 78 valence electrons. The SMILES string of the molecule is Oc1cccc(NCCCCCCl)c1. The van der Waals surface area contributed by atoms with Gasteiger partial charge in [0.1, 0.15) is 5.75 Å². The third kappa shape index (κ3) is 4.38. The molecule has 0 aliphatic carbocycles. The number of rotatable bonds is 6. The second-order valence-corrected chi connectivity index (χ2v) is 3.60. The Balaban J connectivity index is 2.18. The van der Waals surface area contributed by atoms with Gasteiger partial charge in [0, 0.05) is 24.2 Å². The minimum Gasteiger partial charge on any atom is -0.508 e. The van der Waals surface area contributed by atoms with E-state index in [1.807, 2.05) is 12.1 Å². The van der Waals surface area contributed by atoms with Crippen molar-refractivity contribution in [2.75, 3.05) is 17.7 Å². The molecule has 14 heavy (non-hydrogen) atoms. The molecular formula is C11H16ClNO. The number of benzene rings is 1. The summed E-state index contributed by atoms with van der Waals surface area (Å²) in [4.78, 5) is 0. The Labute approximate surface area is 89.9 Å². The Kier molecular flexibility index (Phi) is 5.23. The monoisotopic (exact) mass is 213 g/mol. The van der Waals surface area contributed by atoms with Gasteiger partial charge in [0.25, 0.3) is 0 Å². The molecule has 0 unspecified atom stereocenters. The molecule has 0 heterocycles.